The Morgan fingerprint density at radius 3 is 2.34 bits per heavy atom. The predicted octanol–water partition coefficient (Wildman–Crippen LogP) is 4.17. The normalized spacial score (nSPS) is 14.7. The molecule has 8 heteroatoms. The Morgan fingerprint density at radius 2 is 1.69 bits per heavy atom. The molecule has 1 aliphatic rings. The largest absolute Gasteiger partial charge is 0.494 e. The summed E-state index contributed by atoms with van der Waals surface area (Å²) in [6, 6.07) is 11.7. The van der Waals surface area contributed by atoms with Crippen LogP contribution in [0.3, 0.4) is 0 Å². The molecule has 0 bridgehead atoms. The molecule has 2 aromatic rings. The Kier molecular flexibility index (Phi) is 8.04. The second-order valence-electron chi connectivity index (χ2n) is 7.87. The molecule has 0 radical (unpaired) electrons. The summed E-state index contributed by atoms with van der Waals surface area (Å²) in [7, 11) is -3.60. The average molecular weight is 459 g/mol. The van der Waals surface area contributed by atoms with E-state index in [2.05, 4.69) is 5.32 Å². The molecular formula is C24H30N2O5S. The highest BCUT2D eigenvalue weighted by Gasteiger charge is 2.27. The van der Waals surface area contributed by atoms with Crippen LogP contribution in [0, 0.1) is 6.92 Å². The number of piperidine rings is 1. The summed E-state index contributed by atoms with van der Waals surface area (Å²) in [5.41, 5.74) is 1.57. The number of hydrogen-bond donors (Lipinski definition) is 1. The van der Waals surface area contributed by atoms with Crippen LogP contribution < -0.4 is 10.1 Å². The van der Waals surface area contributed by atoms with Crippen molar-refractivity contribution in [2.24, 2.45) is 0 Å². The lowest BCUT2D eigenvalue weighted by molar-refractivity contribution is -0.116. The number of carbonyl (C=O) groups excluding carboxylic acids is 2. The molecule has 172 valence electrons. The molecule has 0 saturated carbocycles. The van der Waals surface area contributed by atoms with E-state index in [9.17, 15) is 18.0 Å². The third-order valence-corrected chi connectivity index (χ3v) is 7.51. The highest BCUT2D eigenvalue weighted by molar-refractivity contribution is 7.89. The molecule has 0 atom stereocenters. The number of ether oxygens (including phenoxy) is 1. The van der Waals surface area contributed by atoms with Gasteiger partial charge in [0.25, 0.3) is 0 Å². The van der Waals surface area contributed by atoms with Crippen molar-refractivity contribution in [1.29, 1.82) is 0 Å². The molecule has 3 rings (SSSR count). The lowest BCUT2D eigenvalue weighted by Gasteiger charge is -2.26. The molecule has 0 unspecified atom stereocenters. The van der Waals surface area contributed by atoms with Crippen molar-refractivity contribution in [3.8, 4) is 5.75 Å². The fraction of sp³-hybridized carbons (Fsp3) is 0.417. The van der Waals surface area contributed by atoms with Crippen LogP contribution in [0.2, 0.25) is 0 Å². The zero-order valence-electron chi connectivity index (χ0n) is 18.6. The van der Waals surface area contributed by atoms with Crippen molar-refractivity contribution in [3.63, 3.8) is 0 Å². The quantitative estimate of drug-likeness (QED) is 0.570. The zero-order chi connectivity index (χ0) is 23.1. The van der Waals surface area contributed by atoms with E-state index < -0.39 is 10.0 Å². The maximum absolute atomic E-state index is 13.0. The molecule has 1 fully saturated rings. The summed E-state index contributed by atoms with van der Waals surface area (Å²) in [5, 5.41) is 2.72. The van der Waals surface area contributed by atoms with Crippen molar-refractivity contribution in [3.05, 3.63) is 53.6 Å². The monoisotopic (exact) mass is 458 g/mol. The van der Waals surface area contributed by atoms with E-state index in [0.717, 1.165) is 19.3 Å². The van der Waals surface area contributed by atoms with Crippen molar-refractivity contribution < 1.29 is 22.7 Å². The first kappa shape index (κ1) is 23.9. The van der Waals surface area contributed by atoms with Gasteiger partial charge in [-0.2, -0.15) is 4.31 Å². The number of hydrogen-bond acceptors (Lipinski definition) is 5. The van der Waals surface area contributed by atoms with Gasteiger partial charge in [0.2, 0.25) is 15.9 Å². The molecule has 2 aromatic carbocycles. The number of aryl methyl sites for hydroxylation is 1. The fourth-order valence-corrected chi connectivity index (χ4v) is 5.47. The number of carbonyl (C=O) groups is 2. The first-order valence-electron chi connectivity index (χ1n) is 11.0. The smallest absolute Gasteiger partial charge is 0.243 e. The summed E-state index contributed by atoms with van der Waals surface area (Å²) in [6.07, 6.45) is 2.82. The number of nitrogens with zero attached hydrogens (tertiary/aromatic N) is 1. The molecule has 32 heavy (non-hydrogen) atoms. The number of benzene rings is 2. The third kappa shape index (κ3) is 5.95. The fourth-order valence-electron chi connectivity index (χ4n) is 3.70. The van der Waals surface area contributed by atoms with E-state index in [1.807, 2.05) is 6.92 Å². The predicted molar refractivity (Wildman–Crippen MR) is 124 cm³/mol. The number of sulfonamides is 1. The van der Waals surface area contributed by atoms with Crippen LogP contribution >= 0.6 is 0 Å². The lowest BCUT2D eigenvalue weighted by Crippen LogP contribution is -2.36. The molecule has 0 aliphatic carbocycles. The molecule has 1 aliphatic heterocycles. The summed E-state index contributed by atoms with van der Waals surface area (Å²) < 4.78 is 33.0. The molecule has 1 saturated heterocycles. The summed E-state index contributed by atoms with van der Waals surface area (Å²) >= 11 is 0. The Balaban J connectivity index is 1.61. The second-order valence-corrected chi connectivity index (χ2v) is 9.78. The van der Waals surface area contributed by atoms with Crippen molar-refractivity contribution in [2.75, 3.05) is 25.0 Å². The van der Waals surface area contributed by atoms with Gasteiger partial charge in [0.15, 0.2) is 5.78 Å². The van der Waals surface area contributed by atoms with Crippen LogP contribution in [-0.2, 0) is 14.8 Å². The Bertz CT molecular complexity index is 1060. The van der Waals surface area contributed by atoms with Gasteiger partial charge in [-0.05, 0) is 68.7 Å². The minimum Gasteiger partial charge on any atom is -0.494 e. The van der Waals surface area contributed by atoms with Crippen LogP contribution in [0.15, 0.2) is 47.4 Å². The number of ketones is 1. The van der Waals surface area contributed by atoms with Crippen LogP contribution in [0.5, 0.6) is 5.75 Å². The highest BCUT2D eigenvalue weighted by atomic mass is 32.2. The Labute approximate surface area is 189 Å². The second kappa shape index (κ2) is 10.7. The molecule has 7 nitrogen and oxygen atoms in total. The van der Waals surface area contributed by atoms with E-state index in [1.165, 1.54) is 10.4 Å². The van der Waals surface area contributed by atoms with E-state index in [0.29, 0.717) is 42.3 Å². The van der Waals surface area contributed by atoms with E-state index in [1.54, 1.807) is 43.3 Å². The summed E-state index contributed by atoms with van der Waals surface area (Å²) in [6.45, 7) is 5.22. The maximum atomic E-state index is 13.0. The molecule has 1 amide bonds. The van der Waals surface area contributed by atoms with Gasteiger partial charge in [-0.15, -0.1) is 0 Å². The highest BCUT2D eigenvalue weighted by Crippen LogP contribution is 2.26. The van der Waals surface area contributed by atoms with Crippen LogP contribution in [0.1, 0.15) is 54.9 Å². The van der Waals surface area contributed by atoms with Crippen molar-refractivity contribution in [2.45, 2.75) is 50.8 Å². The first-order valence-corrected chi connectivity index (χ1v) is 12.4. The SMILES string of the molecule is CCOc1ccc(C(=O)CCC(=O)Nc2ccc(C)c(S(=O)(=O)N3CCCCC3)c2)cc1. The molecular weight excluding hydrogens is 428 g/mol. The average Bonchev–Trinajstić information content (AvgIpc) is 2.80. The van der Waals surface area contributed by atoms with Gasteiger partial charge in [-0.1, -0.05) is 12.5 Å². The first-order chi connectivity index (χ1) is 15.3. The van der Waals surface area contributed by atoms with Gasteiger partial charge < -0.3 is 10.1 Å². The van der Waals surface area contributed by atoms with E-state index in [4.69, 9.17) is 4.74 Å². The Morgan fingerprint density at radius 1 is 1.00 bits per heavy atom. The zero-order valence-corrected chi connectivity index (χ0v) is 19.4. The topological polar surface area (TPSA) is 92.8 Å². The van der Waals surface area contributed by atoms with Crippen molar-refractivity contribution in [1.82, 2.24) is 4.31 Å². The maximum Gasteiger partial charge on any atom is 0.243 e. The standard InChI is InChI=1S/C24H30N2O5S/c1-3-31-21-11-8-19(9-12-21)22(27)13-14-24(28)25-20-10-7-18(2)23(17-20)32(29,30)26-15-5-4-6-16-26/h7-12,17H,3-6,13-16H2,1-2H3,(H,25,28). The number of Topliss-reactive ketones (excluding diaryl/α,β-unsaturated/α-hetero) is 1. The molecule has 0 spiro atoms. The third-order valence-electron chi connectivity index (χ3n) is 5.47. The summed E-state index contributed by atoms with van der Waals surface area (Å²) in [5.74, 6) is 0.214. The van der Waals surface area contributed by atoms with Gasteiger partial charge in [0, 0.05) is 37.2 Å². The lowest BCUT2D eigenvalue weighted by atomic mass is 10.1. The minimum absolute atomic E-state index is 0.00807. The summed E-state index contributed by atoms with van der Waals surface area (Å²) in [4.78, 5) is 25.0. The van der Waals surface area contributed by atoms with Gasteiger partial charge in [-0.25, -0.2) is 8.42 Å². The van der Waals surface area contributed by atoms with Gasteiger partial charge in [0.1, 0.15) is 5.75 Å². The van der Waals surface area contributed by atoms with Crippen LogP contribution in [-0.4, -0.2) is 44.1 Å². The van der Waals surface area contributed by atoms with Gasteiger partial charge in [-0.3, -0.25) is 9.59 Å². The molecule has 1 heterocycles. The van der Waals surface area contributed by atoms with E-state index in [-0.39, 0.29) is 29.4 Å². The van der Waals surface area contributed by atoms with Gasteiger partial charge in [0.05, 0.1) is 11.5 Å². The molecule has 1 N–H and O–H groups in total. The van der Waals surface area contributed by atoms with Crippen LogP contribution in [0.4, 0.5) is 5.69 Å². The number of amides is 1. The number of nitrogens with one attached hydrogen (secondary N) is 1. The van der Waals surface area contributed by atoms with Gasteiger partial charge >= 0.3 is 0 Å². The molecule has 0 aromatic heterocycles. The minimum atomic E-state index is -3.60. The Hall–Kier alpha value is -2.71. The van der Waals surface area contributed by atoms with E-state index >= 15 is 0 Å². The number of anilines is 1. The van der Waals surface area contributed by atoms with Crippen molar-refractivity contribution >= 4 is 27.4 Å². The number of rotatable bonds is 9. The van der Waals surface area contributed by atoms with Crippen LogP contribution in [0.25, 0.3) is 0 Å².